The summed E-state index contributed by atoms with van der Waals surface area (Å²) in [6, 6.07) is 14.3. The first-order chi connectivity index (χ1) is 19.7. The van der Waals surface area contributed by atoms with Crippen molar-refractivity contribution in [2.75, 3.05) is 23.9 Å². The SMILES string of the molecule is O=C(C[S+]1CCCC1)c1ccc2ccccc2c1.O=C(OCCCC(F)(F)SOO[O-])C12CC3CC(CC(C3)C1)C2. The van der Waals surface area contributed by atoms with Gasteiger partial charge in [-0.2, -0.15) is 13.1 Å². The van der Waals surface area contributed by atoms with Crippen LogP contribution in [-0.2, 0) is 29.8 Å². The first kappa shape index (κ1) is 30.7. The molecule has 4 aliphatic carbocycles. The number of ketones is 1. The minimum Gasteiger partial charge on any atom is -0.691 e. The monoisotopic (exact) mass is 608 g/mol. The van der Waals surface area contributed by atoms with Crippen molar-refractivity contribution in [1.82, 2.24) is 0 Å². The molecular formula is C31H38F2O6S2. The van der Waals surface area contributed by atoms with Gasteiger partial charge in [-0.3, -0.25) is 14.6 Å². The third kappa shape index (κ3) is 8.02. The van der Waals surface area contributed by atoms with Crippen LogP contribution in [0.4, 0.5) is 8.78 Å². The van der Waals surface area contributed by atoms with E-state index in [9.17, 15) is 23.6 Å². The quantitative estimate of drug-likeness (QED) is 0.0553. The van der Waals surface area contributed by atoms with Crippen molar-refractivity contribution >= 4 is 45.5 Å². The number of ether oxygens (including phenoxy) is 1. The van der Waals surface area contributed by atoms with Crippen LogP contribution in [-0.4, -0.2) is 40.9 Å². The summed E-state index contributed by atoms with van der Waals surface area (Å²) in [4.78, 5) is 24.7. The van der Waals surface area contributed by atoms with Crippen LogP contribution in [0.25, 0.3) is 10.8 Å². The van der Waals surface area contributed by atoms with E-state index in [2.05, 4.69) is 27.6 Å². The van der Waals surface area contributed by atoms with E-state index in [1.807, 2.05) is 24.3 Å². The number of halogens is 2. The number of carbonyl (C=O) groups is 2. The van der Waals surface area contributed by atoms with Gasteiger partial charge in [0.15, 0.2) is 5.75 Å². The van der Waals surface area contributed by atoms with Crippen molar-refractivity contribution < 1.29 is 37.7 Å². The van der Waals surface area contributed by atoms with Crippen molar-refractivity contribution in [3.8, 4) is 0 Å². The van der Waals surface area contributed by atoms with E-state index in [1.165, 1.54) is 49.0 Å². The van der Waals surface area contributed by atoms with Gasteiger partial charge in [-0.1, -0.05) is 36.4 Å². The highest BCUT2D eigenvalue weighted by Gasteiger charge is 2.55. The Morgan fingerprint density at radius 2 is 1.61 bits per heavy atom. The molecule has 1 heterocycles. The normalized spacial score (nSPS) is 27.0. The van der Waals surface area contributed by atoms with E-state index in [0.29, 0.717) is 34.4 Å². The molecule has 0 spiro atoms. The third-order valence-corrected chi connectivity index (χ3v) is 12.0. The van der Waals surface area contributed by atoms with Gasteiger partial charge in [0, 0.05) is 12.0 Å². The molecule has 4 saturated carbocycles. The molecule has 2 aromatic rings. The van der Waals surface area contributed by atoms with Crippen molar-refractivity contribution in [1.29, 1.82) is 0 Å². The molecule has 7 rings (SSSR count). The summed E-state index contributed by atoms with van der Waals surface area (Å²) in [6.45, 7) is -0.0328. The molecule has 41 heavy (non-hydrogen) atoms. The molecule has 1 saturated heterocycles. The van der Waals surface area contributed by atoms with Gasteiger partial charge in [0.05, 0.1) is 12.0 Å². The minimum atomic E-state index is -3.24. The summed E-state index contributed by atoms with van der Waals surface area (Å²) in [5.74, 6) is 5.32. The Morgan fingerprint density at radius 3 is 2.24 bits per heavy atom. The summed E-state index contributed by atoms with van der Waals surface area (Å²) in [5.41, 5.74) is 0.527. The van der Waals surface area contributed by atoms with Crippen molar-refractivity contribution in [3.63, 3.8) is 0 Å². The zero-order valence-electron chi connectivity index (χ0n) is 23.2. The van der Waals surface area contributed by atoms with Gasteiger partial charge in [-0.25, -0.2) is 0 Å². The largest absolute Gasteiger partial charge is 0.691 e. The fourth-order valence-electron chi connectivity index (χ4n) is 7.55. The molecule has 5 fully saturated rings. The standard InChI is InChI=1S/C16H17OS.C15H22F2O5S/c17-16(12-18-9-3-4-10-18)15-8-7-13-5-1-2-6-14(13)11-15;16-15(17,23-22-21-19)2-1-3-20-13(18)14-7-10-4-11(8-14)6-12(5-10)9-14/h1-2,5-8,11H,3-4,9-10,12H2;10-12,19H,1-9H2/q+1;/p-1. The van der Waals surface area contributed by atoms with Crippen molar-refractivity contribution in [3.05, 3.63) is 48.0 Å². The fraction of sp³-hybridized carbons (Fsp3) is 0.613. The maximum Gasteiger partial charge on any atom is 0.320 e. The molecule has 10 heteroatoms. The van der Waals surface area contributed by atoms with Crippen LogP contribution < -0.4 is 5.26 Å². The van der Waals surface area contributed by atoms with E-state index in [0.717, 1.165) is 36.0 Å². The lowest BCUT2D eigenvalue weighted by Crippen LogP contribution is -2.50. The highest BCUT2D eigenvalue weighted by atomic mass is 32.2. The number of rotatable bonds is 11. The summed E-state index contributed by atoms with van der Waals surface area (Å²) in [5, 5.41) is 11.6. The second-order valence-corrected chi connectivity index (χ2v) is 15.4. The maximum atomic E-state index is 13.2. The fourth-order valence-corrected chi connectivity index (χ4v) is 10.2. The number of Topliss-reactive ketones (excluding diaryl/α,β-unsaturated/α-hetero) is 1. The Morgan fingerprint density at radius 1 is 0.976 bits per heavy atom. The van der Waals surface area contributed by atoms with Crippen LogP contribution in [0.3, 0.4) is 0 Å². The zero-order valence-corrected chi connectivity index (χ0v) is 24.8. The molecule has 0 aromatic heterocycles. The molecule has 0 radical (unpaired) electrons. The molecule has 224 valence electrons. The number of esters is 1. The predicted octanol–water partition coefficient (Wildman–Crippen LogP) is 6.43. The van der Waals surface area contributed by atoms with Crippen LogP contribution in [0.15, 0.2) is 42.5 Å². The number of alkyl halides is 2. The summed E-state index contributed by atoms with van der Waals surface area (Å²) >= 11 is -0.324. The van der Waals surface area contributed by atoms with Crippen LogP contribution in [0, 0.1) is 23.2 Å². The smallest absolute Gasteiger partial charge is 0.320 e. The highest BCUT2D eigenvalue weighted by molar-refractivity contribution is 7.97. The minimum absolute atomic E-state index is 0.0142. The van der Waals surface area contributed by atoms with Gasteiger partial charge in [-0.05, 0) is 103 Å². The van der Waals surface area contributed by atoms with Crippen LogP contribution in [0.5, 0.6) is 0 Å². The van der Waals surface area contributed by atoms with Gasteiger partial charge >= 0.3 is 11.2 Å². The Hall–Kier alpha value is -1.72. The topological polar surface area (TPSA) is 84.9 Å². The zero-order chi connectivity index (χ0) is 28.9. The third-order valence-electron chi connectivity index (χ3n) is 9.02. The molecule has 0 atom stereocenters. The summed E-state index contributed by atoms with van der Waals surface area (Å²) < 4.78 is 35.4. The van der Waals surface area contributed by atoms with E-state index in [-0.39, 0.29) is 36.5 Å². The van der Waals surface area contributed by atoms with Gasteiger partial charge in [0.25, 0.3) is 0 Å². The molecular weight excluding hydrogens is 570 g/mol. The lowest BCUT2D eigenvalue weighted by atomic mass is 9.49. The number of benzene rings is 2. The van der Waals surface area contributed by atoms with Crippen LogP contribution >= 0.6 is 12.0 Å². The lowest BCUT2D eigenvalue weighted by Gasteiger charge is -2.55. The van der Waals surface area contributed by atoms with Crippen molar-refractivity contribution in [2.45, 2.75) is 69.5 Å². The molecule has 0 amide bonds. The summed E-state index contributed by atoms with van der Waals surface area (Å²) in [6.07, 6.45) is 8.50. The van der Waals surface area contributed by atoms with Crippen molar-refractivity contribution in [2.24, 2.45) is 23.2 Å². The van der Waals surface area contributed by atoms with E-state index < -0.39 is 11.7 Å². The number of fused-ring (bicyclic) bond motifs is 1. The molecule has 0 N–H and O–H groups in total. The first-order valence-electron chi connectivity index (χ1n) is 14.6. The van der Waals surface area contributed by atoms with E-state index in [4.69, 9.17) is 4.74 Å². The van der Waals surface area contributed by atoms with Gasteiger partial charge < -0.3 is 9.99 Å². The maximum absolute atomic E-state index is 13.2. The second-order valence-electron chi connectivity index (χ2n) is 12.2. The Labute approximate surface area is 247 Å². The van der Waals surface area contributed by atoms with E-state index in [1.54, 1.807) is 0 Å². The second kappa shape index (κ2) is 13.7. The lowest BCUT2D eigenvalue weighted by molar-refractivity contribution is -0.777. The molecule has 2 aromatic carbocycles. The molecule has 1 aliphatic heterocycles. The molecule has 4 bridgehead atoms. The van der Waals surface area contributed by atoms with E-state index >= 15 is 0 Å². The summed E-state index contributed by atoms with van der Waals surface area (Å²) in [7, 11) is 0.359. The number of hydrogen-bond donors (Lipinski definition) is 0. The average molecular weight is 609 g/mol. The van der Waals surface area contributed by atoms with Crippen LogP contribution in [0.2, 0.25) is 0 Å². The first-order valence-corrected chi connectivity index (χ1v) is 17.1. The Kier molecular flexibility index (Phi) is 10.3. The number of hydrogen-bond acceptors (Lipinski definition) is 7. The van der Waals surface area contributed by atoms with Crippen LogP contribution in [0.1, 0.15) is 74.6 Å². The Balaban J connectivity index is 0.000000169. The average Bonchev–Trinajstić information content (AvgIpc) is 3.46. The van der Waals surface area contributed by atoms with Gasteiger partial charge in [-0.15, -0.1) is 0 Å². The molecule has 5 aliphatic rings. The van der Waals surface area contributed by atoms with Gasteiger partial charge in [0.1, 0.15) is 23.5 Å². The molecule has 6 nitrogen and oxygen atoms in total. The number of carbonyl (C=O) groups excluding carboxylic acids is 2. The Bertz CT molecular complexity index is 1170. The predicted molar refractivity (Wildman–Crippen MR) is 155 cm³/mol. The molecule has 0 unspecified atom stereocenters. The van der Waals surface area contributed by atoms with Gasteiger partial charge in [0.2, 0.25) is 5.78 Å². The highest BCUT2D eigenvalue weighted by Crippen LogP contribution is 2.60.